The molecule has 0 spiro atoms. The zero-order chi connectivity index (χ0) is 19.1. The molecule has 4 rings (SSSR count). The third kappa shape index (κ3) is 2.74. The van der Waals surface area contributed by atoms with E-state index in [4.69, 9.17) is 11.6 Å². The molecule has 0 unspecified atom stereocenters. The number of nitro groups is 1. The Hall–Kier alpha value is -3.58. The second-order valence-corrected chi connectivity index (χ2v) is 6.27. The SMILES string of the molecule is O=C1c2cccc3c([N+](=O)[O-])ccc(c23)C(=O)N1/N=C\c1ccc(Cl)cc1. The van der Waals surface area contributed by atoms with Gasteiger partial charge in [-0.2, -0.15) is 10.1 Å². The predicted molar refractivity (Wildman–Crippen MR) is 100 cm³/mol. The van der Waals surface area contributed by atoms with Crippen LogP contribution >= 0.6 is 11.6 Å². The van der Waals surface area contributed by atoms with Gasteiger partial charge >= 0.3 is 0 Å². The van der Waals surface area contributed by atoms with Crippen molar-refractivity contribution in [1.29, 1.82) is 0 Å². The molecule has 1 aliphatic rings. The third-order valence-electron chi connectivity index (χ3n) is 4.25. The molecule has 1 aliphatic heterocycles. The number of hydrazone groups is 1. The van der Waals surface area contributed by atoms with Gasteiger partial charge < -0.3 is 0 Å². The first kappa shape index (κ1) is 16.9. The quantitative estimate of drug-likeness (QED) is 0.297. The van der Waals surface area contributed by atoms with E-state index >= 15 is 0 Å². The normalized spacial score (nSPS) is 13.6. The van der Waals surface area contributed by atoms with Crippen molar-refractivity contribution in [1.82, 2.24) is 5.01 Å². The number of non-ortho nitro benzene ring substituents is 1. The zero-order valence-corrected chi connectivity index (χ0v) is 14.4. The van der Waals surface area contributed by atoms with Crippen molar-refractivity contribution in [3.8, 4) is 0 Å². The van der Waals surface area contributed by atoms with Gasteiger partial charge in [-0.1, -0.05) is 29.8 Å². The van der Waals surface area contributed by atoms with Crippen molar-refractivity contribution < 1.29 is 14.5 Å². The van der Waals surface area contributed by atoms with Gasteiger partial charge in [0.15, 0.2) is 0 Å². The summed E-state index contributed by atoms with van der Waals surface area (Å²) in [5.74, 6) is -1.27. The molecule has 0 radical (unpaired) electrons. The van der Waals surface area contributed by atoms with Gasteiger partial charge in [-0.25, -0.2) is 0 Å². The van der Waals surface area contributed by atoms with Crippen molar-refractivity contribution in [2.45, 2.75) is 0 Å². The van der Waals surface area contributed by atoms with Crippen molar-refractivity contribution in [3.05, 3.63) is 86.4 Å². The highest BCUT2D eigenvalue weighted by Crippen LogP contribution is 2.35. The lowest BCUT2D eigenvalue weighted by Crippen LogP contribution is -2.36. The summed E-state index contributed by atoms with van der Waals surface area (Å²) in [6.45, 7) is 0. The number of amides is 2. The number of nitrogens with zero attached hydrogens (tertiary/aromatic N) is 3. The van der Waals surface area contributed by atoms with Gasteiger partial charge in [0.05, 0.1) is 27.7 Å². The molecule has 132 valence electrons. The lowest BCUT2D eigenvalue weighted by Gasteiger charge is -2.22. The average Bonchev–Trinajstić information content (AvgIpc) is 2.66. The van der Waals surface area contributed by atoms with Crippen molar-refractivity contribution in [2.75, 3.05) is 0 Å². The maximum Gasteiger partial charge on any atom is 0.282 e. The molecule has 1 heterocycles. The molecule has 2 amide bonds. The maximum atomic E-state index is 12.8. The minimum absolute atomic E-state index is 0.158. The van der Waals surface area contributed by atoms with Crippen molar-refractivity contribution in [3.63, 3.8) is 0 Å². The van der Waals surface area contributed by atoms with Gasteiger partial charge in [-0.3, -0.25) is 19.7 Å². The Kier molecular flexibility index (Phi) is 3.93. The number of carbonyl (C=O) groups excluding carboxylic acids is 2. The van der Waals surface area contributed by atoms with Crippen LogP contribution < -0.4 is 0 Å². The van der Waals surface area contributed by atoms with Crippen LogP contribution in [0.5, 0.6) is 0 Å². The molecule has 27 heavy (non-hydrogen) atoms. The molecule has 3 aromatic rings. The number of hydrogen-bond donors (Lipinski definition) is 0. The highest BCUT2D eigenvalue weighted by atomic mass is 35.5. The molecule has 0 saturated carbocycles. The molecule has 0 bridgehead atoms. The van der Waals surface area contributed by atoms with Crippen LogP contribution in [0.2, 0.25) is 5.02 Å². The summed E-state index contributed by atoms with van der Waals surface area (Å²) in [6, 6.07) is 13.9. The maximum absolute atomic E-state index is 12.8. The van der Waals surface area contributed by atoms with Crippen LogP contribution in [-0.2, 0) is 0 Å². The highest BCUT2D eigenvalue weighted by Gasteiger charge is 2.34. The molecule has 0 atom stereocenters. The van der Waals surface area contributed by atoms with E-state index in [1.165, 1.54) is 30.5 Å². The summed E-state index contributed by atoms with van der Waals surface area (Å²) in [7, 11) is 0. The van der Waals surface area contributed by atoms with E-state index in [0.29, 0.717) is 10.6 Å². The number of rotatable bonds is 3. The van der Waals surface area contributed by atoms with Crippen LogP contribution in [0.3, 0.4) is 0 Å². The molecule has 0 N–H and O–H groups in total. The van der Waals surface area contributed by atoms with Gasteiger partial charge in [-0.15, -0.1) is 0 Å². The Morgan fingerprint density at radius 1 is 0.963 bits per heavy atom. The molecule has 0 aromatic heterocycles. The number of benzene rings is 3. The Morgan fingerprint density at radius 3 is 2.30 bits per heavy atom. The first-order valence-corrected chi connectivity index (χ1v) is 8.23. The van der Waals surface area contributed by atoms with Gasteiger partial charge in [-0.05, 0) is 35.9 Å². The largest absolute Gasteiger partial charge is 0.282 e. The monoisotopic (exact) mass is 379 g/mol. The van der Waals surface area contributed by atoms with Crippen molar-refractivity contribution >= 4 is 46.1 Å². The van der Waals surface area contributed by atoms with Crippen LogP contribution in [0.1, 0.15) is 26.3 Å². The van der Waals surface area contributed by atoms with Crippen LogP contribution in [0, 0.1) is 10.1 Å². The Balaban J connectivity index is 1.82. The summed E-state index contributed by atoms with van der Waals surface area (Å²) in [5.41, 5.74) is 0.889. The van der Waals surface area contributed by atoms with Gasteiger partial charge in [0, 0.05) is 16.5 Å². The number of imide groups is 1. The third-order valence-corrected chi connectivity index (χ3v) is 4.50. The van der Waals surface area contributed by atoms with E-state index in [0.717, 1.165) is 5.01 Å². The molecule has 0 aliphatic carbocycles. The fraction of sp³-hybridized carbons (Fsp3) is 0. The standard InChI is InChI=1S/C19H10ClN3O4/c20-12-6-4-11(5-7-12)10-21-22-18(24)14-3-1-2-13-16(23(26)27)9-8-15(17(13)14)19(22)25/h1-10H/b21-10-. The molecule has 7 nitrogen and oxygen atoms in total. The van der Waals surface area contributed by atoms with Crippen LogP contribution in [-0.4, -0.2) is 28.0 Å². The lowest BCUT2D eigenvalue weighted by molar-refractivity contribution is -0.383. The summed E-state index contributed by atoms with van der Waals surface area (Å²) in [5, 5.41) is 17.1. The van der Waals surface area contributed by atoms with Gasteiger partial charge in [0.25, 0.3) is 17.5 Å². The second-order valence-electron chi connectivity index (χ2n) is 5.84. The minimum atomic E-state index is -0.635. The van der Waals surface area contributed by atoms with E-state index in [2.05, 4.69) is 5.10 Å². The first-order valence-electron chi connectivity index (χ1n) is 7.86. The van der Waals surface area contributed by atoms with E-state index in [-0.39, 0.29) is 27.6 Å². The van der Waals surface area contributed by atoms with E-state index in [9.17, 15) is 19.7 Å². The number of nitro benzene ring substituents is 1. The summed E-state index contributed by atoms with van der Waals surface area (Å²) >= 11 is 5.83. The van der Waals surface area contributed by atoms with Crippen LogP contribution in [0.25, 0.3) is 10.8 Å². The number of hydrogen-bond acceptors (Lipinski definition) is 5. The zero-order valence-electron chi connectivity index (χ0n) is 13.6. The Bertz CT molecular complexity index is 1130. The van der Waals surface area contributed by atoms with E-state index in [1.807, 2.05) is 0 Å². The predicted octanol–water partition coefficient (Wildman–Crippen LogP) is 4.03. The average molecular weight is 380 g/mol. The molecule has 3 aromatic carbocycles. The number of carbonyl (C=O) groups is 2. The van der Waals surface area contributed by atoms with E-state index in [1.54, 1.807) is 30.3 Å². The molecular weight excluding hydrogens is 370 g/mol. The van der Waals surface area contributed by atoms with E-state index < -0.39 is 16.7 Å². The molecule has 0 fully saturated rings. The highest BCUT2D eigenvalue weighted by molar-refractivity contribution is 6.30. The first-order chi connectivity index (χ1) is 13.0. The summed E-state index contributed by atoms with van der Waals surface area (Å²) in [6.07, 6.45) is 1.38. The summed E-state index contributed by atoms with van der Waals surface area (Å²) < 4.78 is 0. The lowest BCUT2D eigenvalue weighted by atomic mass is 9.94. The smallest absolute Gasteiger partial charge is 0.267 e. The molecular formula is C19H10ClN3O4. The van der Waals surface area contributed by atoms with Gasteiger partial charge in [0.2, 0.25) is 0 Å². The summed E-state index contributed by atoms with van der Waals surface area (Å²) in [4.78, 5) is 36.2. The van der Waals surface area contributed by atoms with Crippen LogP contribution in [0.4, 0.5) is 5.69 Å². The molecule has 8 heteroatoms. The Morgan fingerprint density at radius 2 is 1.63 bits per heavy atom. The van der Waals surface area contributed by atoms with Crippen molar-refractivity contribution in [2.24, 2.45) is 5.10 Å². The fourth-order valence-electron chi connectivity index (χ4n) is 3.01. The van der Waals surface area contributed by atoms with Crippen LogP contribution in [0.15, 0.2) is 59.7 Å². The van der Waals surface area contributed by atoms with Gasteiger partial charge in [0.1, 0.15) is 0 Å². The topological polar surface area (TPSA) is 92.9 Å². The second kappa shape index (κ2) is 6.30. The fourth-order valence-corrected chi connectivity index (χ4v) is 3.13. The number of halogens is 1. The minimum Gasteiger partial charge on any atom is -0.267 e. The Labute approximate surface area is 157 Å². The molecule has 0 saturated heterocycles.